The number of fused-ring (bicyclic) bond motifs is 1. The van der Waals surface area contributed by atoms with Crippen molar-refractivity contribution < 1.29 is 4.74 Å². The predicted octanol–water partition coefficient (Wildman–Crippen LogP) is 4.54. The lowest BCUT2D eigenvalue weighted by Crippen LogP contribution is -2.18. The van der Waals surface area contributed by atoms with E-state index in [0.717, 1.165) is 53.1 Å². The van der Waals surface area contributed by atoms with E-state index in [1.807, 2.05) is 19.2 Å². The smallest absolute Gasteiger partial charge is 0.253 e. The average Bonchev–Trinajstić information content (AvgIpc) is 2.99. The molecule has 1 N–H and O–H groups in total. The van der Waals surface area contributed by atoms with E-state index in [9.17, 15) is 4.79 Å². The van der Waals surface area contributed by atoms with Crippen molar-refractivity contribution >= 4 is 17.6 Å². The number of nitrogens with zero attached hydrogens (tertiary/aromatic N) is 1. The highest BCUT2D eigenvalue weighted by molar-refractivity contribution is 8.00. The second kappa shape index (κ2) is 7.56. The first-order chi connectivity index (χ1) is 12.0. The maximum atomic E-state index is 12.0. The van der Waals surface area contributed by atoms with Crippen LogP contribution in [0.25, 0.3) is 11.1 Å². The Labute approximate surface area is 153 Å². The van der Waals surface area contributed by atoms with E-state index >= 15 is 0 Å². The van der Waals surface area contributed by atoms with Crippen LogP contribution in [0.3, 0.4) is 0 Å². The summed E-state index contributed by atoms with van der Waals surface area (Å²) < 4.78 is 11.3. The van der Waals surface area contributed by atoms with Gasteiger partial charge in [0.2, 0.25) is 0 Å². The molecule has 3 rings (SSSR count). The Kier molecular flexibility index (Phi) is 5.42. The van der Waals surface area contributed by atoms with Gasteiger partial charge < -0.3 is 14.0 Å². The SMILES string of the molecule is CCCC1Cc2cc(NSCC)cc(-c3cc(C)c(=O)n(C)c3)c2O1. The Morgan fingerprint density at radius 2 is 2.12 bits per heavy atom. The van der Waals surface area contributed by atoms with Gasteiger partial charge in [-0.3, -0.25) is 4.79 Å². The predicted molar refractivity (Wildman–Crippen MR) is 107 cm³/mol. The molecule has 0 aliphatic carbocycles. The fourth-order valence-electron chi connectivity index (χ4n) is 3.37. The molecule has 2 aromatic rings. The van der Waals surface area contributed by atoms with Gasteiger partial charge in [-0.2, -0.15) is 0 Å². The molecule has 134 valence electrons. The summed E-state index contributed by atoms with van der Waals surface area (Å²) in [6.45, 7) is 6.18. The molecule has 1 aliphatic heterocycles. The fraction of sp³-hybridized carbons (Fsp3) is 0.450. The summed E-state index contributed by atoms with van der Waals surface area (Å²) in [4.78, 5) is 12.0. The van der Waals surface area contributed by atoms with Gasteiger partial charge in [0.15, 0.2) is 0 Å². The lowest BCUT2D eigenvalue weighted by atomic mass is 9.99. The topological polar surface area (TPSA) is 43.3 Å². The molecule has 1 aromatic heterocycles. The zero-order valence-electron chi connectivity index (χ0n) is 15.4. The molecule has 4 nitrogen and oxygen atoms in total. The first kappa shape index (κ1) is 17.9. The molecular formula is C20H26N2O2S. The van der Waals surface area contributed by atoms with Gasteiger partial charge in [-0.25, -0.2) is 0 Å². The minimum absolute atomic E-state index is 0.0426. The number of nitrogens with one attached hydrogen (secondary N) is 1. The van der Waals surface area contributed by atoms with Crippen molar-refractivity contribution in [2.75, 3.05) is 10.5 Å². The second-order valence-corrected chi connectivity index (χ2v) is 7.68. The zero-order valence-corrected chi connectivity index (χ0v) is 16.2. The Hall–Kier alpha value is -1.88. The summed E-state index contributed by atoms with van der Waals surface area (Å²) in [5.41, 5.74) is 5.22. The van der Waals surface area contributed by atoms with Gasteiger partial charge in [0.1, 0.15) is 11.9 Å². The first-order valence-electron chi connectivity index (χ1n) is 8.92. The Bertz CT molecular complexity index is 803. The number of anilines is 1. The number of benzene rings is 1. The third-order valence-electron chi connectivity index (χ3n) is 4.52. The third kappa shape index (κ3) is 3.71. The summed E-state index contributed by atoms with van der Waals surface area (Å²) in [5, 5.41) is 0. The minimum atomic E-state index is 0.0426. The molecule has 0 spiro atoms. The highest BCUT2D eigenvalue weighted by Crippen LogP contribution is 2.42. The van der Waals surface area contributed by atoms with Crippen LogP contribution >= 0.6 is 11.9 Å². The lowest BCUT2D eigenvalue weighted by molar-refractivity contribution is 0.221. The molecule has 0 saturated carbocycles. The summed E-state index contributed by atoms with van der Waals surface area (Å²) in [7, 11) is 1.80. The molecular weight excluding hydrogens is 332 g/mol. The number of hydrogen-bond acceptors (Lipinski definition) is 4. The van der Waals surface area contributed by atoms with Crippen LogP contribution in [-0.4, -0.2) is 16.4 Å². The van der Waals surface area contributed by atoms with Crippen molar-refractivity contribution in [2.45, 2.75) is 46.1 Å². The number of rotatable bonds is 6. The highest BCUT2D eigenvalue weighted by atomic mass is 32.2. The molecule has 1 atom stereocenters. The molecule has 1 unspecified atom stereocenters. The monoisotopic (exact) mass is 358 g/mol. The quantitative estimate of drug-likeness (QED) is 0.770. The van der Waals surface area contributed by atoms with E-state index in [4.69, 9.17) is 4.74 Å². The molecule has 1 aliphatic rings. The maximum Gasteiger partial charge on any atom is 0.253 e. The largest absolute Gasteiger partial charge is 0.489 e. The van der Waals surface area contributed by atoms with Gasteiger partial charge in [-0.05, 0) is 31.5 Å². The fourth-order valence-corrected chi connectivity index (χ4v) is 3.80. The Morgan fingerprint density at radius 1 is 1.32 bits per heavy atom. The van der Waals surface area contributed by atoms with Crippen LogP contribution in [0, 0.1) is 6.92 Å². The van der Waals surface area contributed by atoms with Crippen molar-refractivity contribution in [3.05, 3.63) is 45.9 Å². The van der Waals surface area contributed by atoms with Crippen LogP contribution in [0.15, 0.2) is 29.2 Å². The van der Waals surface area contributed by atoms with E-state index in [2.05, 4.69) is 30.7 Å². The van der Waals surface area contributed by atoms with Gasteiger partial charge in [0.25, 0.3) is 5.56 Å². The number of aromatic nitrogens is 1. The lowest BCUT2D eigenvalue weighted by Gasteiger charge is -2.15. The molecule has 5 heteroatoms. The maximum absolute atomic E-state index is 12.0. The van der Waals surface area contributed by atoms with Crippen LogP contribution in [0.4, 0.5) is 5.69 Å². The van der Waals surface area contributed by atoms with Crippen LogP contribution in [0.2, 0.25) is 0 Å². The summed E-state index contributed by atoms with van der Waals surface area (Å²) >= 11 is 1.68. The van der Waals surface area contributed by atoms with E-state index < -0.39 is 0 Å². The van der Waals surface area contributed by atoms with E-state index in [0.29, 0.717) is 0 Å². The van der Waals surface area contributed by atoms with Gasteiger partial charge in [0, 0.05) is 53.4 Å². The average molecular weight is 359 g/mol. The third-order valence-corrected chi connectivity index (χ3v) is 5.19. The van der Waals surface area contributed by atoms with Gasteiger partial charge >= 0.3 is 0 Å². The van der Waals surface area contributed by atoms with Crippen molar-refractivity contribution in [1.82, 2.24) is 4.57 Å². The second-order valence-electron chi connectivity index (χ2n) is 6.61. The number of hydrogen-bond donors (Lipinski definition) is 1. The Morgan fingerprint density at radius 3 is 2.80 bits per heavy atom. The van der Waals surface area contributed by atoms with E-state index in [1.54, 1.807) is 23.6 Å². The summed E-state index contributed by atoms with van der Waals surface area (Å²) in [5.74, 6) is 1.98. The van der Waals surface area contributed by atoms with Crippen LogP contribution in [0.5, 0.6) is 5.75 Å². The number of aryl methyl sites for hydroxylation is 2. The molecule has 0 radical (unpaired) electrons. The number of pyridine rings is 1. The molecule has 0 amide bonds. The van der Waals surface area contributed by atoms with E-state index in [-0.39, 0.29) is 11.7 Å². The molecule has 2 heterocycles. The molecule has 0 saturated heterocycles. The van der Waals surface area contributed by atoms with Gasteiger partial charge in [-0.1, -0.05) is 32.2 Å². The van der Waals surface area contributed by atoms with Crippen molar-refractivity contribution in [3.8, 4) is 16.9 Å². The van der Waals surface area contributed by atoms with Crippen molar-refractivity contribution in [1.29, 1.82) is 0 Å². The van der Waals surface area contributed by atoms with E-state index in [1.165, 1.54) is 5.56 Å². The molecule has 0 fully saturated rings. The molecule has 1 aromatic carbocycles. The molecule has 0 bridgehead atoms. The van der Waals surface area contributed by atoms with Crippen LogP contribution in [-0.2, 0) is 13.5 Å². The minimum Gasteiger partial charge on any atom is -0.489 e. The zero-order chi connectivity index (χ0) is 18.0. The normalized spacial score (nSPS) is 15.8. The highest BCUT2D eigenvalue weighted by Gasteiger charge is 2.26. The first-order valence-corrected chi connectivity index (χ1v) is 9.91. The van der Waals surface area contributed by atoms with Gasteiger partial charge in [0.05, 0.1) is 0 Å². The van der Waals surface area contributed by atoms with Crippen LogP contribution in [0.1, 0.15) is 37.8 Å². The summed E-state index contributed by atoms with van der Waals surface area (Å²) in [6, 6.07) is 6.30. The number of ether oxygens (including phenoxy) is 1. The summed E-state index contributed by atoms with van der Waals surface area (Å²) in [6.07, 6.45) is 5.28. The standard InChI is InChI=1S/C20H26N2O2S/c1-5-7-17-10-14-9-16(21-25-6-2)11-18(19(14)24-17)15-8-13(3)20(23)22(4)12-15/h8-9,11-12,17,21H,5-7,10H2,1-4H3. The van der Waals surface area contributed by atoms with Crippen molar-refractivity contribution in [3.63, 3.8) is 0 Å². The molecule has 25 heavy (non-hydrogen) atoms. The van der Waals surface area contributed by atoms with Crippen molar-refractivity contribution in [2.24, 2.45) is 7.05 Å². The Balaban J connectivity index is 2.09. The van der Waals surface area contributed by atoms with Gasteiger partial charge in [-0.15, -0.1) is 0 Å². The van der Waals surface area contributed by atoms with Crippen LogP contribution < -0.4 is 15.0 Å².